The quantitative estimate of drug-likeness (QED) is 0.484. The van der Waals surface area contributed by atoms with Gasteiger partial charge in [0.25, 0.3) is 0 Å². The molecule has 3 rings (SSSR count). The van der Waals surface area contributed by atoms with Crippen molar-refractivity contribution in [3.63, 3.8) is 0 Å². The highest BCUT2D eigenvalue weighted by Gasteiger charge is 2.12. The van der Waals surface area contributed by atoms with Gasteiger partial charge in [-0.1, -0.05) is 82.9 Å². The third kappa shape index (κ3) is 2.83. The third-order valence-electron chi connectivity index (χ3n) is 4.21. The average Bonchev–Trinajstić information content (AvgIpc) is 2.51. The van der Waals surface area contributed by atoms with Gasteiger partial charge in [-0.25, -0.2) is 0 Å². The fourth-order valence-electron chi connectivity index (χ4n) is 3.04. The minimum absolute atomic E-state index is 1.11. The summed E-state index contributed by atoms with van der Waals surface area (Å²) >= 11 is 3.81. The van der Waals surface area contributed by atoms with Gasteiger partial charge in [-0.2, -0.15) is 0 Å². The van der Waals surface area contributed by atoms with Gasteiger partial charge in [0.05, 0.1) is 0 Å². The Bertz CT molecular complexity index is 813. The monoisotopic (exact) mass is 352 g/mol. The van der Waals surface area contributed by atoms with Crippen molar-refractivity contribution < 1.29 is 0 Å². The second-order valence-electron chi connectivity index (χ2n) is 6.05. The van der Waals surface area contributed by atoms with Gasteiger partial charge in [0, 0.05) is 4.47 Å². The molecule has 0 bridgehead atoms. The smallest absolute Gasteiger partial charge is 0.0219 e. The van der Waals surface area contributed by atoms with Crippen molar-refractivity contribution in [3.8, 4) is 11.1 Å². The molecule has 0 amide bonds. The fraction of sp³-hybridized carbons (Fsp3) is 0.238. The highest BCUT2D eigenvalue weighted by Crippen LogP contribution is 2.36. The van der Waals surface area contributed by atoms with Crippen LogP contribution in [-0.4, -0.2) is 0 Å². The maximum atomic E-state index is 3.81. The summed E-state index contributed by atoms with van der Waals surface area (Å²) in [5, 5.41) is 2.73. The SMILES string of the molecule is CCCc1c(Br)cc(-c2ccc(C)cc2)c2ccc(C)cc12. The predicted octanol–water partition coefficient (Wildman–Crippen LogP) is 6.84. The molecule has 0 heterocycles. The van der Waals surface area contributed by atoms with E-state index >= 15 is 0 Å². The Hall–Kier alpha value is -1.60. The first-order valence-corrected chi connectivity index (χ1v) is 8.68. The molecular formula is C21H21Br. The summed E-state index contributed by atoms with van der Waals surface area (Å²) in [6.07, 6.45) is 2.26. The Morgan fingerprint density at radius 3 is 2.18 bits per heavy atom. The topological polar surface area (TPSA) is 0 Å². The van der Waals surface area contributed by atoms with E-state index in [2.05, 4.69) is 85.2 Å². The highest BCUT2D eigenvalue weighted by atomic mass is 79.9. The zero-order chi connectivity index (χ0) is 15.7. The van der Waals surface area contributed by atoms with Crippen LogP contribution in [0.4, 0.5) is 0 Å². The van der Waals surface area contributed by atoms with E-state index in [1.54, 1.807) is 0 Å². The van der Waals surface area contributed by atoms with Gasteiger partial charge in [-0.15, -0.1) is 0 Å². The molecule has 112 valence electrons. The summed E-state index contributed by atoms with van der Waals surface area (Å²) in [6, 6.07) is 17.9. The molecule has 0 fully saturated rings. The van der Waals surface area contributed by atoms with Crippen molar-refractivity contribution in [3.05, 3.63) is 69.7 Å². The van der Waals surface area contributed by atoms with Crippen LogP contribution in [0.2, 0.25) is 0 Å². The van der Waals surface area contributed by atoms with Crippen molar-refractivity contribution in [2.24, 2.45) is 0 Å². The van der Waals surface area contributed by atoms with Crippen LogP contribution in [0.5, 0.6) is 0 Å². The van der Waals surface area contributed by atoms with Gasteiger partial charge in [0.2, 0.25) is 0 Å². The Balaban J connectivity index is 2.32. The maximum Gasteiger partial charge on any atom is 0.0219 e. The van der Waals surface area contributed by atoms with Gasteiger partial charge in [-0.3, -0.25) is 0 Å². The summed E-state index contributed by atoms with van der Waals surface area (Å²) in [5.74, 6) is 0. The molecular weight excluding hydrogens is 332 g/mol. The number of hydrogen-bond donors (Lipinski definition) is 0. The molecule has 0 atom stereocenters. The molecule has 22 heavy (non-hydrogen) atoms. The molecule has 0 spiro atoms. The summed E-state index contributed by atoms with van der Waals surface area (Å²) in [7, 11) is 0. The molecule has 0 aliphatic rings. The Morgan fingerprint density at radius 1 is 0.818 bits per heavy atom. The van der Waals surface area contributed by atoms with E-state index in [9.17, 15) is 0 Å². The van der Waals surface area contributed by atoms with E-state index < -0.39 is 0 Å². The minimum Gasteiger partial charge on any atom is -0.0651 e. The first-order chi connectivity index (χ1) is 10.6. The molecule has 0 radical (unpaired) electrons. The first-order valence-electron chi connectivity index (χ1n) is 7.89. The van der Waals surface area contributed by atoms with E-state index in [0.29, 0.717) is 0 Å². The molecule has 0 nitrogen and oxygen atoms in total. The lowest BCUT2D eigenvalue weighted by molar-refractivity contribution is 0.925. The fourth-order valence-corrected chi connectivity index (χ4v) is 3.68. The zero-order valence-electron chi connectivity index (χ0n) is 13.4. The van der Waals surface area contributed by atoms with Crippen LogP contribution >= 0.6 is 15.9 Å². The van der Waals surface area contributed by atoms with Crippen molar-refractivity contribution in [2.45, 2.75) is 33.6 Å². The molecule has 0 aromatic heterocycles. The molecule has 0 saturated carbocycles. The number of benzene rings is 3. The third-order valence-corrected chi connectivity index (χ3v) is 4.92. The van der Waals surface area contributed by atoms with Crippen LogP contribution in [-0.2, 0) is 6.42 Å². The number of halogens is 1. The summed E-state index contributed by atoms with van der Waals surface area (Å²) < 4.78 is 1.23. The van der Waals surface area contributed by atoms with E-state index in [-0.39, 0.29) is 0 Å². The standard InChI is InChI=1S/C21H21Br/c1-4-5-18-20-12-15(3)8-11-17(20)19(13-21(18)22)16-9-6-14(2)7-10-16/h6-13H,4-5H2,1-3H3. The minimum atomic E-state index is 1.11. The summed E-state index contributed by atoms with van der Waals surface area (Å²) in [5.41, 5.74) is 6.63. The average molecular weight is 353 g/mol. The van der Waals surface area contributed by atoms with Crippen molar-refractivity contribution in [1.29, 1.82) is 0 Å². The molecule has 3 aromatic rings. The molecule has 0 aliphatic heterocycles. The molecule has 1 heteroatoms. The van der Waals surface area contributed by atoms with E-state index in [1.807, 2.05) is 0 Å². The molecule has 0 saturated heterocycles. The van der Waals surface area contributed by atoms with Crippen molar-refractivity contribution >= 4 is 26.7 Å². The van der Waals surface area contributed by atoms with Gasteiger partial charge in [0.15, 0.2) is 0 Å². The van der Waals surface area contributed by atoms with Gasteiger partial charge < -0.3 is 0 Å². The van der Waals surface area contributed by atoms with Gasteiger partial charge in [-0.05, 0) is 53.8 Å². The van der Waals surface area contributed by atoms with E-state index in [4.69, 9.17) is 0 Å². The molecule has 3 aromatic carbocycles. The van der Waals surface area contributed by atoms with Gasteiger partial charge in [0.1, 0.15) is 0 Å². The van der Waals surface area contributed by atoms with Crippen LogP contribution in [0.25, 0.3) is 21.9 Å². The summed E-state index contributed by atoms with van der Waals surface area (Å²) in [6.45, 7) is 6.54. The lowest BCUT2D eigenvalue weighted by Crippen LogP contribution is -1.92. The van der Waals surface area contributed by atoms with Gasteiger partial charge >= 0.3 is 0 Å². The maximum absolute atomic E-state index is 3.81. The molecule has 0 aliphatic carbocycles. The van der Waals surface area contributed by atoms with Crippen molar-refractivity contribution in [2.75, 3.05) is 0 Å². The second kappa shape index (κ2) is 6.26. The molecule has 0 unspecified atom stereocenters. The Labute approximate surface area is 141 Å². The number of fused-ring (bicyclic) bond motifs is 1. The normalized spacial score (nSPS) is 11.1. The number of aryl methyl sites for hydroxylation is 3. The number of hydrogen-bond acceptors (Lipinski definition) is 0. The Morgan fingerprint density at radius 2 is 1.50 bits per heavy atom. The Kier molecular flexibility index (Phi) is 4.35. The van der Waals surface area contributed by atoms with E-state index in [1.165, 1.54) is 43.1 Å². The van der Waals surface area contributed by atoms with Crippen LogP contribution in [0, 0.1) is 13.8 Å². The first kappa shape index (κ1) is 15.3. The van der Waals surface area contributed by atoms with Crippen LogP contribution < -0.4 is 0 Å². The summed E-state index contributed by atoms with van der Waals surface area (Å²) in [4.78, 5) is 0. The van der Waals surface area contributed by atoms with Crippen LogP contribution in [0.3, 0.4) is 0 Å². The highest BCUT2D eigenvalue weighted by molar-refractivity contribution is 9.10. The second-order valence-corrected chi connectivity index (χ2v) is 6.90. The van der Waals surface area contributed by atoms with Crippen LogP contribution in [0.1, 0.15) is 30.0 Å². The molecule has 0 N–H and O–H groups in total. The lowest BCUT2D eigenvalue weighted by Gasteiger charge is -2.15. The predicted molar refractivity (Wildman–Crippen MR) is 101 cm³/mol. The van der Waals surface area contributed by atoms with Crippen LogP contribution in [0.15, 0.2) is 53.0 Å². The zero-order valence-corrected chi connectivity index (χ0v) is 15.0. The van der Waals surface area contributed by atoms with E-state index in [0.717, 1.165) is 12.8 Å². The largest absolute Gasteiger partial charge is 0.0651 e. The van der Waals surface area contributed by atoms with Crippen molar-refractivity contribution in [1.82, 2.24) is 0 Å². The number of rotatable bonds is 3. The lowest BCUT2D eigenvalue weighted by atomic mass is 9.92.